The molecule has 1 fully saturated rings. The molecule has 5 heteroatoms. The average Bonchev–Trinajstić information content (AvgIpc) is 2.51. The maximum Gasteiger partial charge on any atom is 0.135 e. The molecule has 0 unspecified atom stereocenters. The molecule has 0 amide bonds. The Hall–Kier alpha value is 0.0400. The number of aromatic nitrogens is 1. The Labute approximate surface area is 110 Å². The molecule has 0 saturated carbocycles. The van der Waals surface area contributed by atoms with E-state index in [1.807, 2.05) is 17.8 Å². The van der Waals surface area contributed by atoms with Crippen LogP contribution < -0.4 is 0 Å². The largest absolute Gasteiger partial charge is 0.298 e. The fourth-order valence-corrected chi connectivity index (χ4v) is 3.08. The molecule has 88 valence electrons. The first kappa shape index (κ1) is 12.5. The van der Waals surface area contributed by atoms with Gasteiger partial charge in [-0.1, -0.05) is 29.3 Å². The second-order valence-corrected chi connectivity index (χ2v) is 5.80. The summed E-state index contributed by atoms with van der Waals surface area (Å²) in [6.45, 7) is 3.15. The van der Waals surface area contributed by atoms with Crippen LogP contribution in [0.4, 0.5) is 0 Å². The van der Waals surface area contributed by atoms with E-state index in [0.29, 0.717) is 10.3 Å². The number of nitrogens with zero attached hydrogens (tertiary/aromatic N) is 2. The molecule has 2 nitrogen and oxygen atoms in total. The van der Waals surface area contributed by atoms with Crippen molar-refractivity contribution < 1.29 is 0 Å². The van der Waals surface area contributed by atoms with Crippen molar-refractivity contribution in [3.8, 4) is 0 Å². The van der Waals surface area contributed by atoms with Gasteiger partial charge in [0.25, 0.3) is 0 Å². The summed E-state index contributed by atoms with van der Waals surface area (Å²) in [6, 6.07) is 3.77. The zero-order valence-corrected chi connectivity index (χ0v) is 11.3. The number of rotatable bonds is 2. The first-order valence-electron chi connectivity index (χ1n) is 5.37. The van der Waals surface area contributed by atoms with Gasteiger partial charge < -0.3 is 0 Å². The quantitative estimate of drug-likeness (QED) is 0.771. The molecular formula is C11H14Cl2N2S. The molecule has 2 rings (SSSR count). The summed E-state index contributed by atoms with van der Waals surface area (Å²) in [6.07, 6.45) is 1.25. The molecule has 1 aromatic heterocycles. The van der Waals surface area contributed by atoms with Gasteiger partial charge in [-0.05, 0) is 24.8 Å². The second kappa shape index (κ2) is 6.10. The highest BCUT2D eigenvalue weighted by atomic mass is 35.5. The second-order valence-electron chi connectivity index (χ2n) is 3.83. The van der Waals surface area contributed by atoms with Crippen LogP contribution in [0.5, 0.6) is 0 Å². The van der Waals surface area contributed by atoms with Crippen molar-refractivity contribution in [2.45, 2.75) is 13.0 Å². The fourth-order valence-electron chi connectivity index (χ4n) is 1.76. The van der Waals surface area contributed by atoms with E-state index in [1.54, 1.807) is 6.07 Å². The molecule has 1 aliphatic rings. The molecule has 1 aromatic rings. The van der Waals surface area contributed by atoms with Crippen LogP contribution in [0.2, 0.25) is 10.3 Å². The molecule has 0 N–H and O–H groups in total. The number of hydrogen-bond acceptors (Lipinski definition) is 3. The van der Waals surface area contributed by atoms with Crippen molar-refractivity contribution in [3.63, 3.8) is 0 Å². The molecule has 0 bridgehead atoms. The molecule has 2 heterocycles. The summed E-state index contributed by atoms with van der Waals surface area (Å²) in [5.41, 5.74) is 1.07. The molecule has 0 radical (unpaired) electrons. The molecule has 0 atom stereocenters. The van der Waals surface area contributed by atoms with E-state index in [-0.39, 0.29) is 0 Å². The van der Waals surface area contributed by atoms with Crippen LogP contribution >= 0.6 is 35.0 Å². The van der Waals surface area contributed by atoms with E-state index in [2.05, 4.69) is 9.88 Å². The van der Waals surface area contributed by atoms with Gasteiger partial charge in [0, 0.05) is 24.4 Å². The van der Waals surface area contributed by atoms with Gasteiger partial charge in [-0.2, -0.15) is 11.8 Å². The van der Waals surface area contributed by atoms with Crippen molar-refractivity contribution in [2.24, 2.45) is 0 Å². The van der Waals surface area contributed by atoms with Gasteiger partial charge in [-0.25, -0.2) is 4.98 Å². The summed E-state index contributed by atoms with van der Waals surface area (Å²) in [4.78, 5) is 6.49. The predicted octanol–water partition coefficient (Wildman–Crippen LogP) is 3.33. The fraction of sp³-hybridized carbons (Fsp3) is 0.545. The average molecular weight is 277 g/mol. The third-order valence-electron chi connectivity index (χ3n) is 2.60. The Morgan fingerprint density at radius 3 is 2.94 bits per heavy atom. The summed E-state index contributed by atoms with van der Waals surface area (Å²) in [5, 5.41) is 0.990. The van der Waals surface area contributed by atoms with E-state index >= 15 is 0 Å². The van der Waals surface area contributed by atoms with E-state index in [0.717, 1.165) is 25.2 Å². The molecule has 1 saturated heterocycles. The van der Waals surface area contributed by atoms with Crippen molar-refractivity contribution >= 4 is 35.0 Å². The summed E-state index contributed by atoms with van der Waals surface area (Å²) in [5.74, 6) is 2.47. The van der Waals surface area contributed by atoms with E-state index in [9.17, 15) is 0 Å². The van der Waals surface area contributed by atoms with Crippen LogP contribution in [0.1, 0.15) is 12.0 Å². The van der Waals surface area contributed by atoms with Crippen molar-refractivity contribution in [1.82, 2.24) is 9.88 Å². The highest BCUT2D eigenvalue weighted by Crippen LogP contribution is 2.20. The van der Waals surface area contributed by atoms with Gasteiger partial charge in [0.15, 0.2) is 0 Å². The van der Waals surface area contributed by atoms with Gasteiger partial charge in [0.2, 0.25) is 0 Å². The lowest BCUT2D eigenvalue weighted by molar-refractivity contribution is 0.287. The van der Waals surface area contributed by atoms with E-state index in [1.165, 1.54) is 17.9 Å². The van der Waals surface area contributed by atoms with Crippen LogP contribution in [0.3, 0.4) is 0 Å². The van der Waals surface area contributed by atoms with Gasteiger partial charge >= 0.3 is 0 Å². The number of thioether (sulfide) groups is 1. The summed E-state index contributed by atoms with van der Waals surface area (Å²) >= 11 is 13.9. The zero-order chi connectivity index (χ0) is 11.4. The lowest BCUT2D eigenvalue weighted by Gasteiger charge is -2.19. The molecule has 0 aromatic carbocycles. The van der Waals surface area contributed by atoms with Gasteiger partial charge in [-0.15, -0.1) is 0 Å². The van der Waals surface area contributed by atoms with Crippen LogP contribution in [0.15, 0.2) is 12.1 Å². The lowest BCUT2D eigenvalue weighted by atomic mass is 10.2. The minimum absolute atomic E-state index is 0.458. The summed E-state index contributed by atoms with van der Waals surface area (Å²) in [7, 11) is 0. The van der Waals surface area contributed by atoms with Gasteiger partial charge in [0.1, 0.15) is 10.3 Å². The Kier molecular flexibility index (Phi) is 4.77. The molecule has 0 aliphatic carbocycles. The Morgan fingerprint density at radius 1 is 1.25 bits per heavy atom. The maximum atomic E-state index is 6.06. The normalized spacial score (nSPS) is 18.4. The molecular weight excluding hydrogens is 263 g/mol. The standard InChI is InChI=1S/C11H14Cl2N2S/c12-10-3-2-9(11(13)14-10)8-15-4-1-6-16-7-5-15/h2-3H,1,4-8H2. The monoisotopic (exact) mass is 276 g/mol. The number of hydrogen-bond donors (Lipinski definition) is 0. The third kappa shape index (κ3) is 3.52. The number of pyridine rings is 1. The first-order valence-corrected chi connectivity index (χ1v) is 7.28. The van der Waals surface area contributed by atoms with E-state index < -0.39 is 0 Å². The van der Waals surface area contributed by atoms with Crippen LogP contribution in [-0.2, 0) is 6.54 Å². The van der Waals surface area contributed by atoms with Gasteiger partial charge in [-0.3, -0.25) is 4.90 Å². The van der Waals surface area contributed by atoms with Crippen molar-refractivity contribution in [1.29, 1.82) is 0 Å². The zero-order valence-electron chi connectivity index (χ0n) is 8.96. The van der Waals surface area contributed by atoms with Gasteiger partial charge in [0.05, 0.1) is 0 Å². The molecule has 1 aliphatic heterocycles. The highest BCUT2D eigenvalue weighted by Gasteiger charge is 2.12. The van der Waals surface area contributed by atoms with Crippen molar-refractivity contribution in [3.05, 3.63) is 28.0 Å². The third-order valence-corrected chi connectivity index (χ3v) is 4.19. The topological polar surface area (TPSA) is 16.1 Å². The Morgan fingerprint density at radius 2 is 2.12 bits per heavy atom. The van der Waals surface area contributed by atoms with Crippen LogP contribution in [0.25, 0.3) is 0 Å². The minimum atomic E-state index is 0.458. The Balaban J connectivity index is 2.01. The minimum Gasteiger partial charge on any atom is -0.298 e. The predicted molar refractivity (Wildman–Crippen MR) is 71.5 cm³/mol. The lowest BCUT2D eigenvalue weighted by Crippen LogP contribution is -2.25. The molecule has 0 spiro atoms. The highest BCUT2D eigenvalue weighted by molar-refractivity contribution is 7.99. The maximum absolute atomic E-state index is 6.06. The number of halogens is 2. The van der Waals surface area contributed by atoms with Crippen LogP contribution in [0, 0.1) is 0 Å². The smallest absolute Gasteiger partial charge is 0.135 e. The Bertz CT molecular complexity index is 352. The van der Waals surface area contributed by atoms with Crippen molar-refractivity contribution in [2.75, 3.05) is 24.6 Å². The SMILES string of the molecule is Clc1ccc(CN2CCCSCC2)c(Cl)n1. The first-order chi connectivity index (χ1) is 7.75. The van der Waals surface area contributed by atoms with Crippen LogP contribution in [-0.4, -0.2) is 34.5 Å². The summed E-state index contributed by atoms with van der Waals surface area (Å²) < 4.78 is 0. The van der Waals surface area contributed by atoms with E-state index in [4.69, 9.17) is 23.2 Å². The molecule has 16 heavy (non-hydrogen) atoms.